The number of aromatic nitrogens is 4. The number of anilines is 2. The van der Waals surface area contributed by atoms with Crippen molar-refractivity contribution in [2.75, 3.05) is 17.6 Å². The highest BCUT2D eigenvalue weighted by molar-refractivity contribution is 5.82. The van der Waals surface area contributed by atoms with E-state index in [1.165, 1.54) is 5.56 Å². The first-order valence-corrected chi connectivity index (χ1v) is 8.55. The van der Waals surface area contributed by atoms with Gasteiger partial charge in [0.25, 0.3) is 0 Å². The van der Waals surface area contributed by atoms with E-state index in [9.17, 15) is 0 Å². The molecule has 0 atom stereocenters. The van der Waals surface area contributed by atoms with Crippen LogP contribution < -0.4 is 11.1 Å². The highest BCUT2D eigenvalue weighted by Crippen LogP contribution is 2.22. The fourth-order valence-electron chi connectivity index (χ4n) is 2.89. The Kier molecular flexibility index (Phi) is 4.23. The first-order valence-electron chi connectivity index (χ1n) is 8.55. The lowest BCUT2D eigenvalue weighted by Gasteiger charge is -2.08. The molecular weight excluding hydrogens is 324 g/mol. The quantitative estimate of drug-likeness (QED) is 0.543. The topological polar surface area (TPSA) is 81.6 Å². The molecule has 0 saturated heterocycles. The standard InChI is InChI=1S/C20H20N6/c1-14-11-18-17(12-16(14)21)24-13-26(18)19-8-10-23-20(25-19)22-9-7-15-5-3-2-4-6-15/h2-6,8,10-13H,7,9,21H2,1H3,(H,22,23,25). The molecule has 0 fully saturated rings. The van der Waals surface area contributed by atoms with E-state index >= 15 is 0 Å². The molecule has 3 N–H and O–H groups in total. The summed E-state index contributed by atoms with van der Waals surface area (Å²) in [5, 5.41) is 3.29. The summed E-state index contributed by atoms with van der Waals surface area (Å²) in [4.78, 5) is 13.4. The van der Waals surface area contributed by atoms with Crippen molar-refractivity contribution in [1.82, 2.24) is 19.5 Å². The van der Waals surface area contributed by atoms with Crippen LogP contribution in [0, 0.1) is 6.92 Å². The van der Waals surface area contributed by atoms with E-state index in [2.05, 4.69) is 32.4 Å². The monoisotopic (exact) mass is 344 g/mol. The largest absolute Gasteiger partial charge is 0.398 e. The zero-order valence-electron chi connectivity index (χ0n) is 14.6. The van der Waals surface area contributed by atoms with Gasteiger partial charge in [0, 0.05) is 18.4 Å². The van der Waals surface area contributed by atoms with Crippen LogP contribution >= 0.6 is 0 Å². The second-order valence-corrected chi connectivity index (χ2v) is 6.21. The van der Waals surface area contributed by atoms with Crippen LogP contribution in [-0.4, -0.2) is 26.1 Å². The number of aryl methyl sites for hydroxylation is 1. The fourth-order valence-corrected chi connectivity index (χ4v) is 2.89. The Morgan fingerprint density at radius 1 is 1.08 bits per heavy atom. The molecule has 0 unspecified atom stereocenters. The Labute approximate surface area is 151 Å². The fraction of sp³-hybridized carbons (Fsp3) is 0.150. The van der Waals surface area contributed by atoms with Crippen molar-refractivity contribution in [2.45, 2.75) is 13.3 Å². The predicted octanol–water partition coefficient (Wildman–Crippen LogP) is 3.36. The van der Waals surface area contributed by atoms with Crippen molar-refractivity contribution in [3.05, 3.63) is 72.2 Å². The molecule has 0 radical (unpaired) electrons. The lowest BCUT2D eigenvalue weighted by atomic mass is 10.1. The summed E-state index contributed by atoms with van der Waals surface area (Å²) in [6, 6.07) is 16.1. The molecule has 6 heteroatoms. The van der Waals surface area contributed by atoms with E-state index in [0.717, 1.165) is 41.1 Å². The van der Waals surface area contributed by atoms with Gasteiger partial charge in [-0.15, -0.1) is 0 Å². The van der Waals surface area contributed by atoms with E-state index in [1.54, 1.807) is 12.5 Å². The molecule has 0 aliphatic heterocycles. The minimum absolute atomic E-state index is 0.604. The van der Waals surface area contributed by atoms with E-state index in [4.69, 9.17) is 5.73 Å². The third-order valence-electron chi connectivity index (χ3n) is 4.36. The number of nitrogens with zero attached hydrogens (tertiary/aromatic N) is 4. The number of hydrogen-bond acceptors (Lipinski definition) is 5. The van der Waals surface area contributed by atoms with Gasteiger partial charge in [0.1, 0.15) is 12.1 Å². The van der Waals surface area contributed by atoms with Crippen molar-refractivity contribution in [2.24, 2.45) is 0 Å². The van der Waals surface area contributed by atoms with E-state index < -0.39 is 0 Å². The van der Waals surface area contributed by atoms with Gasteiger partial charge < -0.3 is 11.1 Å². The molecule has 26 heavy (non-hydrogen) atoms. The van der Waals surface area contributed by atoms with Crippen LogP contribution in [0.3, 0.4) is 0 Å². The molecule has 6 nitrogen and oxygen atoms in total. The summed E-state index contributed by atoms with van der Waals surface area (Å²) in [6.45, 7) is 2.76. The number of nitrogen functional groups attached to an aromatic ring is 1. The predicted molar refractivity (Wildman–Crippen MR) is 104 cm³/mol. The average Bonchev–Trinajstić information content (AvgIpc) is 3.06. The first kappa shape index (κ1) is 16.1. The molecule has 4 aromatic rings. The molecule has 0 aliphatic carbocycles. The van der Waals surface area contributed by atoms with Crippen molar-refractivity contribution in [3.63, 3.8) is 0 Å². The normalized spacial score (nSPS) is 11.0. The number of nitrogens with two attached hydrogens (primary N) is 1. The summed E-state index contributed by atoms with van der Waals surface area (Å²) in [6.07, 6.45) is 4.43. The van der Waals surface area contributed by atoms with E-state index in [1.807, 2.05) is 47.9 Å². The van der Waals surface area contributed by atoms with Crippen LogP contribution in [-0.2, 0) is 6.42 Å². The van der Waals surface area contributed by atoms with Gasteiger partial charge in [-0.2, -0.15) is 4.98 Å². The molecule has 2 aromatic carbocycles. The van der Waals surface area contributed by atoms with Crippen LogP contribution in [0.2, 0.25) is 0 Å². The maximum Gasteiger partial charge on any atom is 0.224 e. The van der Waals surface area contributed by atoms with Crippen LogP contribution in [0.15, 0.2) is 61.1 Å². The average molecular weight is 344 g/mol. The molecule has 130 valence electrons. The van der Waals surface area contributed by atoms with Gasteiger partial charge >= 0.3 is 0 Å². The van der Waals surface area contributed by atoms with Crippen molar-refractivity contribution < 1.29 is 0 Å². The lowest BCUT2D eigenvalue weighted by molar-refractivity contribution is 0.953. The Hall–Kier alpha value is -3.41. The van der Waals surface area contributed by atoms with Gasteiger partial charge in [-0.25, -0.2) is 9.97 Å². The third-order valence-corrected chi connectivity index (χ3v) is 4.36. The Bertz CT molecular complexity index is 1040. The Morgan fingerprint density at radius 2 is 1.92 bits per heavy atom. The zero-order valence-corrected chi connectivity index (χ0v) is 14.6. The number of nitrogens with one attached hydrogen (secondary N) is 1. The summed E-state index contributed by atoms with van der Waals surface area (Å²) < 4.78 is 1.95. The second kappa shape index (κ2) is 6.84. The van der Waals surface area contributed by atoms with Crippen LogP contribution in [0.5, 0.6) is 0 Å². The van der Waals surface area contributed by atoms with Gasteiger partial charge in [-0.1, -0.05) is 30.3 Å². The van der Waals surface area contributed by atoms with Crippen molar-refractivity contribution >= 4 is 22.7 Å². The van der Waals surface area contributed by atoms with E-state index in [0.29, 0.717) is 5.95 Å². The van der Waals surface area contributed by atoms with Gasteiger partial charge in [0.05, 0.1) is 11.0 Å². The molecule has 2 aromatic heterocycles. The molecule has 2 heterocycles. The highest BCUT2D eigenvalue weighted by Gasteiger charge is 2.09. The van der Waals surface area contributed by atoms with Crippen LogP contribution in [0.1, 0.15) is 11.1 Å². The minimum Gasteiger partial charge on any atom is -0.398 e. The summed E-state index contributed by atoms with van der Waals surface area (Å²) in [5.41, 5.74) is 10.9. The molecule has 4 rings (SSSR count). The third kappa shape index (κ3) is 3.21. The molecule has 0 saturated carbocycles. The number of fused-ring (bicyclic) bond motifs is 1. The zero-order chi connectivity index (χ0) is 17.9. The van der Waals surface area contributed by atoms with Crippen LogP contribution in [0.25, 0.3) is 16.9 Å². The van der Waals surface area contributed by atoms with E-state index in [-0.39, 0.29) is 0 Å². The summed E-state index contributed by atoms with van der Waals surface area (Å²) in [7, 11) is 0. The Balaban J connectivity index is 1.55. The molecule has 0 spiro atoms. The maximum atomic E-state index is 5.98. The van der Waals surface area contributed by atoms with Crippen molar-refractivity contribution in [3.8, 4) is 5.82 Å². The second-order valence-electron chi connectivity index (χ2n) is 6.21. The molecule has 0 aliphatic rings. The lowest BCUT2D eigenvalue weighted by Crippen LogP contribution is -2.09. The SMILES string of the molecule is Cc1cc2c(cc1N)ncn2-c1ccnc(NCCc2ccccc2)n1. The van der Waals surface area contributed by atoms with Gasteiger partial charge in [0.2, 0.25) is 5.95 Å². The van der Waals surface area contributed by atoms with Crippen LogP contribution in [0.4, 0.5) is 11.6 Å². The van der Waals surface area contributed by atoms with Crippen molar-refractivity contribution in [1.29, 1.82) is 0 Å². The summed E-state index contributed by atoms with van der Waals surface area (Å²) >= 11 is 0. The molecule has 0 amide bonds. The number of rotatable bonds is 5. The number of imidazole rings is 1. The van der Waals surface area contributed by atoms with Gasteiger partial charge in [-0.3, -0.25) is 4.57 Å². The minimum atomic E-state index is 0.604. The molecular formula is C20H20N6. The number of benzene rings is 2. The highest BCUT2D eigenvalue weighted by atomic mass is 15.2. The maximum absolute atomic E-state index is 5.98. The summed E-state index contributed by atoms with van der Waals surface area (Å²) in [5.74, 6) is 1.38. The molecule has 0 bridgehead atoms. The Morgan fingerprint density at radius 3 is 2.77 bits per heavy atom. The van der Waals surface area contributed by atoms with Gasteiger partial charge in [-0.05, 0) is 42.7 Å². The van der Waals surface area contributed by atoms with Gasteiger partial charge in [0.15, 0.2) is 0 Å². The smallest absolute Gasteiger partial charge is 0.224 e. The first-order chi connectivity index (χ1) is 12.7. The number of hydrogen-bond donors (Lipinski definition) is 2.